The van der Waals surface area contributed by atoms with Crippen LogP contribution in [0.5, 0.6) is 0 Å². The van der Waals surface area contributed by atoms with Gasteiger partial charge in [0, 0.05) is 12.8 Å². The minimum absolute atomic E-state index is 0.264. The number of aryl methyl sites for hydroxylation is 1. The third-order valence-electron chi connectivity index (χ3n) is 2.61. The van der Waals surface area contributed by atoms with Crippen LogP contribution >= 0.6 is 0 Å². The molecule has 108 valence electrons. The SMILES string of the molecule is COCCn1c(-c2cccc(C)n2)nnc1S(N)(=O)=O. The molecular weight excluding hydrogens is 282 g/mol. The van der Waals surface area contributed by atoms with Gasteiger partial charge in [0.05, 0.1) is 13.2 Å². The summed E-state index contributed by atoms with van der Waals surface area (Å²) in [7, 11) is -2.44. The first kappa shape index (κ1) is 14.6. The molecule has 20 heavy (non-hydrogen) atoms. The maximum absolute atomic E-state index is 11.5. The average Bonchev–Trinajstić information content (AvgIpc) is 2.79. The van der Waals surface area contributed by atoms with Crippen molar-refractivity contribution in [3.05, 3.63) is 23.9 Å². The van der Waals surface area contributed by atoms with E-state index >= 15 is 0 Å². The monoisotopic (exact) mass is 297 g/mol. The first-order valence-electron chi connectivity index (χ1n) is 5.82. The Bertz CT molecular complexity index is 711. The van der Waals surface area contributed by atoms with E-state index in [1.165, 1.54) is 11.7 Å². The molecule has 2 N–H and O–H groups in total. The number of sulfonamides is 1. The molecule has 0 aliphatic heterocycles. The predicted octanol–water partition coefficient (Wildman–Crippen LogP) is -0.0577. The number of pyridine rings is 1. The minimum atomic E-state index is -3.96. The highest BCUT2D eigenvalue weighted by molar-refractivity contribution is 7.89. The van der Waals surface area contributed by atoms with E-state index in [1.54, 1.807) is 6.07 Å². The molecule has 2 aromatic rings. The van der Waals surface area contributed by atoms with Gasteiger partial charge in [-0.05, 0) is 19.1 Å². The molecular formula is C11H15N5O3S. The second kappa shape index (κ2) is 5.65. The number of hydrogen-bond donors (Lipinski definition) is 1. The molecule has 0 amide bonds. The van der Waals surface area contributed by atoms with Crippen molar-refractivity contribution in [2.45, 2.75) is 18.6 Å². The van der Waals surface area contributed by atoms with E-state index in [1.807, 2.05) is 19.1 Å². The van der Waals surface area contributed by atoms with Crippen LogP contribution in [0.4, 0.5) is 0 Å². The van der Waals surface area contributed by atoms with Gasteiger partial charge in [-0.2, -0.15) is 0 Å². The zero-order valence-corrected chi connectivity index (χ0v) is 12.0. The summed E-state index contributed by atoms with van der Waals surface area (Å²) in [5, 5.41) is 12.4. The Morgan fingerprint density at radius 2 is 2.10 bits per heavy atom. The van der Waals surface area contributed by atoms with Crippen LogP contribution in [-0.4, -0.2) is 41.9 Å². The van der Waals surface area contributed by atoms with Crippen molar-refractivity contribution >= 4 is 10.0 Å². The van der Waals surface area contributed by atoms with Gasteiger partial charge in [-0.15, -0.1) is 10.2 Å². The molecule has 0 aliphatic carbocycles. The van der Waals surface area contributed by atoms with Crippen LogP contribution in [0.15, 0.2) is 23.4 Å². The van der Waals surface area contributed by atoms with Crippen molar-refractivity contribution in [1.82, 2.24) is 19.7 Å². The molecule has 2 aromatic heterocycles. The zero-order valence-electron chi connectivity index (χ0n) is 11.1. The summed E-state index contributed by atoms with van der Waals surface area (Å²) in [5.74, 6) is 0.342. The smallest absolute Gasteiger partial charge is 0.273 e. The van der Waals surface area contributed by atoms with Gasteiger partial charge in [0.2, 0.25) is 0 Å². The van der Waals surface area contributed by atoms with Crippen molar-refractivity contribution in [3.8, 4) is 11.5 Å². The molecule has 0 spiro atoms. The number of ether oxygens (including phenoxy) is 1. The Morgan fingerprint density at radius 1 is 1.35 bits per heavy atom. The molecule has 0 bridgehead atoms. The summed E-state index contributed by atoms with van der Waals surface area (Å²) in [6.45, 7) is 2.40. The Labute approximate surface area is 116 Å². The zero-order chi connectivity index (χ0) is 14.8. The van der Waals surface area contributed by atoms with Crippen LogP contribution in [0.2, 0.25) is 0 Å². The second-order valence-corrected chi connectivity index (χ2v) is 5.62. The Morgan fingerprint density at radius 3 is 2.70 bits per heavy atom. The van der Waals surface area contributed by atoms with E-state index in [-0.39, 0.29) is 11.7 Å². The normalized spacial score (nSPS) is 11.8. The standard InChI is InChI=1S/C11H15N5O3S/c1-8-4-3-5-9(13-8)10-14-15-11(20(12,17)18)16(10)6-7-19-2/h3-5H,6-7H2,1-2H3,(H2,12,17,18). The van der Waals surface area contributed by atoms with Gasteiger partial charge in [0.25, 0.3) is 15.2 Å². The van der Waals surface area contributed by atoms with Gasteiger partial charge in [-0.3, -0.25) is 4.57 Å². The maximum atomic E-state index is 11.5. The number of methoxy groups -OCH3 is 1. The highest BCUT2D eigenvalue weighted by Crippen LogP contribution is 2.18. The van der Waals surface area contributed by atoms with Crippen LogP contribution < -0.4 is 5.14 Å². The lowest BCUT2D eigenvalue weighted by Gasteiger charge is -2.08. The highest BCUT2D eigenvalue weighted by Gasteiger charge is 2.22. The summed E-state index contributed by atoms with van der Waals surface area (Å²) in [6, 6.07) is 5.37. The van der Waals surface area contributed by atoms with Crippen LogP contribution in [0.1, 0.15) is 5.69 Å². The fourth-order valence-electron chi connectivity index (χ4n) is 1.74. The molecule has 0 aliphatic rings. The Kier molecular flexibility index (Phi) is 4.12. The van der Waals surface area contributed by atoms with E-state index in [9.17, 15) is 8.42 Å². The number of hydrogen-bond acceptors (Lipinski definition) is 6. The Hall–Kier alpha value is -1.84. The third-order valence-corrected chi connectivity index (χ3v) is 3.42. The molecule has 2 heterocycles. The molecule has 8 nitrogen and oxygen atoms in total. The Balaban J connectivity index is 2.56. The quantitative estimate of drug-likeness (QED) is 0.827. The molecule has 0 radical (unpaired) electrons. The van der Waals surface area contributed by atoms with E-state index in [0.717, 1.165) is 5.69 Å². The fraction of sp³-hybridized carbons (Fsp3) is 0.364. The highest BCUT2D eigenvalue weighted by atomic mass is 32.2. The van der Waals surface area contributed by atoms with Crippen LogP contribution in [-0.2, 0) is 21.3 Å². The number of aromatic nitrogens is 4. The average molecular weight is 297 g/mol. The van der Waals surface area contributed by atoms with Crippen molar-refractivity contribution in [2.75, 3.05) is 13.7 Å². The summed E-state index contributed by atoms with van der Waals surface area (Å²) < 4.78 is 29.4. The van der Waals surface area contributed by atoms with Crippen molar-refractivity contribution in [2.24, 2.45) is 5.14 Å². The summed E-state index contributed by atoms with van der Waals surface area (Å²) >= 11 is 0. The lowest BCUT2D eigenvalue weighted by Crippen LogP contribution is -2.20. The summed E-state index contributed by atoms with van der Waals surface area (Å²) in [6.07, 6.45) is 0. The predicted molar refractivity (Wildman–Crippen MR) is 71.2 cm³/mol. The molecule has 0 saturated heterocycles. The number of primary sulfonamides is 1. The molecule has 0 saturated carbocycles. The molecule has 0 aromatic carbocycles. The summed E-state index contributed by atoms with van der Waals surface area (Å²) in [4.78, 5) is 4.31. The topological polar surface area (TPSA) is 113 Å². The van der Waals surface area contributed by atoms with Gasteiger partial charge in [0.15, 0.2) is 5.82 Å². The lowest BCUT2D eigenvalue weighted by atomic mass is 10.3. The number of nitrogens with zero attached hydrogens (tertiary/aromatic N) is 4. The van der Waals surface area contributed by atoms with Crippen LogP contribution in [0, 0.1) is 6.92 Å². The number of nitrogens with two attached hydrogens (primary N) is 1. The second-order valence-electron chi connectivity index (χ2n) is 4.16. The fourth-order valence-corrected chi connectivity index (χ4v) is 2.38. The summed E-state index contributed by atoms with van der Waals surface area (Å²) in [5.41, 5.74) is 1.32. The van der Waals surface area contributed by atoms with Gasteiger partial charge in [-0.25, -0.2) is 18.5 Å². The molecule has 0 fully saturated rings. The minimum Gasteiger partial charge on any atom is -0.383 e. The van der Waals surface area contributed by atoms with Gasteiger partial charge >= 0.3 is 0 Å². The van der Waals surface area contributed by atoms with Gasteiger partial charge < -0.3 is 4.74 Å². The van der Waals surface area contributed by atoms with Crippen molar-refractivity contribution in [1.29, 1.82) is 0 Å². The number of rotatable bonds is 5. The first-order valence-corrected chi connectivity index (χ1v) is 7.37. The van der Waals surface area contributed by atoms with Gasteiger partial charge in [0.1, 0.15) is 5.69 Å². The van der Waals surface area contributed by atoms with E-state index < -0.39 is 10.0 Å². The third kappa shape index (κ3) is 3.00. The molecule has 9 heteroatoms. The van der Waals surface area contributed by atoms with E-state index in [4.69, 9.17) is 9.88 Å². The van der Waals surface area contributed by atoms with Crippen LogP contribution in [0.3, 0.4) is 0 Å². The van der Waals surface area contributed by atoms with Crippen LogP contribution in [0.25, 0.3) is 11.5 Å². The first-order chi connectivity index (χ1) is 9.43. The van der Waals surface area contributed by atoms with Gasteiger partial charge in [-0.1, -0.05) is 6.07 Å². The molecule has 0 unspecified atom stereocenters. The van der Waals surface area contributed by atoms with E-state index in [2.05, 4.69) is 15.2 Å². The lowest BCUT2D eigenvalue weighted by molar-refractivity contribution is 0.185. The molecule has 2 rings (SSSR count). The largest absolute Gasteiger partial charge is 0.383 e. The maximum Gasteiger partial charge on any atom is 0.273 e. The van der Waals surface area contributed by atoms with Crippen molar-refractivity contribution in [3.63, 3.8) is 0 Å². The van der Waals surface area contributed by atoms with Crippen molar-refractivity contribution < 1.29 is 13.2 Å². The van der Waals surface area contributed by atoms with E-state index in [0.29, 0.717) is 18.1 Å². The molecule has 0 atom stereocenters.